The molecule has 2 aromatic rings. The summed E-state index contributed by atoms with van der Waals surface area (Å²) in [5.41, 5.74) is 8.72. The van der Waals surface area contributed by atoms with E-state index in [1.54, 1.807) is 33.5 Å². The topological polar surface area (TPSA) is 82.8 Å². The van der Waals surface area contributed by atoms with Crippen molar-refractivity contribution in [2.75, 3.05) is 33.6 Å². The lowest BCUT2D eigenvalue weighted by Gasteiger charge is -2.16. The molecule has 6 nitrogen and oxygen atoms in total. The molecule has 0 saturated heterocycles. The van der Waals surface area contributed by atoms with Gasteiger partial charge in [0.1, 0.15) is 0 Å². The fourth-order valence-corrected chi connectivity index (χ4v) is 2.65. The predicted molar refractivity (Wildman–Crippen MR) is 105 cm³/mol. The molecule has 0 aliphatic carbocycles. The summed E-state index contributed by atoms with van der Waals surface area (Å²) in [5.74, 6) is 1.60. The minimum absolute atomic E-state index is 0. The molecule has 0 fully saturated rings. The van der Waals surface area contributed by atoms with Crippen LogP contribution < -0.4 is 25.3 Å². The van der Waals surface area contributed by atoms with Gasteiger partial charge in [0.15, 0.2) is 11.5 Å². The van der Waals surface area contributed by atoms with Gasteiger partial charge in [0, 0.05) is 23.4 Å². The number of nitrogens with two attached hydrogens (primary N) is 1. The molecule has 142 valence electrons. The van der Waals surface area contributed by atoms with Crippen LogP contribution in [0.15, 0.2) is 30.3 Å². The second-order valence-corrected chi connectivity index (χ2v) is 5.57. The molecule has 0 bridgehead atoms. The van der Waals surface area contributed by atoms with Gasteiger partial charge in [-0.1, -0.05) is 12.1 Å². The summed E-state index contributed by atoms with van der Waals surface area (Å²) >= 11 is 0. The smallest absolute Gasteiger partial charge is 0.251 e. The van der Waals surface area contributed by atoms with Crippen molar-refractivity contribution in [3.05, 3.63) is 47.0 Å². The molecule has 0 radical (unpaired) electrons. The molecule has 0 saturated carbocycles. The summed E-state index contributed by atoms with van der Waals surface area (Å²) in [6, 6.07) is 9.02. The summed E-state index contributed by atoms with van der Waals surface area (Å²) in [4.78, 5) is 12.3. The molecule has 1 amide bonds. The molecule has 7 heteroatoms. The molecule has 0 heterocycles. The highest BCUT2D eigenvalue weighted by atomic mass is 35.5. The number of amides is 1. The van der Waals surface area contributed by atoms with Crippen molar-refractivity contribution in [2.45, 2.75) is 13.3 Å². The Morgan fingerprint density at radius 1 is 1.04 bits per heavy atom. The van der Waals surface area contributed by atoms with Crippen molar-refractivity contribution in [1.82, 2.24) is 5.32 Å². The molecule has 0 spiro atoms. The highest BCUT2D eigenvalue weighted by Crippen LogP contribution is 2.39. The number of carbonyl (C=O) groups excluding carboxylic acids is 1. The van der Waals surface area contributed by atoms with E-state index in [1.165, 1.54) is 0 Å². The van der Waals surface area contributed by atoms with Gasteiger partial charge in [-0.25, -0.2) is 0 Å². The predicted octanol–water partition coefficient (Wildman–Crippen LogP) is 3.00. The van der Waals surface area contributed by atoms with E-state index in [0.29, 0.717) is 41.5 Å². The van der Waals surface area contributed by atoms with Crippen LogP contribution in [0.25, 0.3) is 0 Å². The molecule has 0 aliphatic rings. The maximum Gasteiger partial charge on any atom is 0.251 e. The maximum absolute atomic E-state index is 12.3. The number of nitrogens with one attached hydrogen (secondary N) is 1. The first kappa shape index (κ1) is 21.4. The quantitative estimate of drug-likeness (QED) is 0.721. The average Bonchev–Trinajstić information content (AvgIpc) is 2.62. The minimum atomic E-state index is -0.149. The first-order valence-corrected chi connectivity index (χ1v) is 7.94. The van der Waals surface area contributed by atoms with Crippen LogP contribution in [0.2, 0.25) is 0 Å². The van der Waals surface area contributed by atoms with Gasteiger partial charge in [0.05, 0.1) is 21.3 Å². The molecule has 2 aromatic carbocycles. The van der Waals surface area contributed by atoms with Crippen molar-refractivity contribution in [3.8, 4) is 17.2 Å². The summed E-state index contributed by atoms with van der Waals surface area (Å²) in [5, 5.41) is 2.91. The highest BCUT2D eigenvalue weighted by Gasteiger charge is 2.16. The SMILES string of the molecule is COc1ccc(CCNC(=O)c2cc(N)ccc2C)c(OC)c1OC.Cl. The van der Waals surface area contributed by atoms with Gasteiger partial charge in [-0.2, -0.15) is 0 Å². The molecular weight excluding hydrogens is 356 g/mol. The van der Waals surface area contributed by atoms with E-state index >= 15 is 0 Å². The van der Waals surface area contributed by atoms with Crippen LogP contribution >= 0.6 is 12.4 Å². The number of anilines is 1. The fourth-order valence-electron chi connectivity index (χ4n) is 2.65. The summed E-state index contributed by atoms with van der Waals surface area (Å²) in [6.07, 6.45) is 0.594. The number of carbonyl (C=O) groups is 1. The molecule has 2 rings (SSSR count). The second kappa shape index (κ2) is 9.77. The zero-order valence-corrected chi connectivity index (χ0v) is 16.2. The molecule has 3 N–H and O–H groups in total. The van der Waals surface area contributed by atoms with Gasteiger partial charge in [-0.3, -0.25) is 4.79 Å². The lowest BCUT2D eigenvalue weighted by Crippen LogP contribution is -2.26. The minimum Gasteiger partial charge on any atom is -0.493 e. The van der Waals surface area contributed by atoms with Crippen molar-refractivity contribution in [3.63, 3.8) is 0 Å². The van der Waals surface area contributed by atoms with Crippen LogP contribution in [0.4, 0.5) is 5.69 Å². The van der Waals surface area contributed by atoms with Crippen LogP contribution in [0, 0.1) is 6.92 Å². The van der Waals surface area contributed by atoms with Gasteiger partial charge in [-0.05, 0) is 37.1 Å². The molecule has 0 aliphatic heterocycles. The lowest BCUT2D eigenvalue weighted by atomic mass is 10.1. The normalized spacial score (nSPS) is 9.85. The van der Waals surface area contributed by atoms with Crippen molar-refractivity contribution < 1.29 is 19.0 Å². The fraction of sp³-hybridized carbons (Fsp3) is 0.316. The first-order valence-electron chi connectivity index (χ1n) is 7.94. The number of hydrogen-bond acceptors (Lipinski definition) is 5. The summed E-state index contributed by atoms with van der Waals surface area (Å²) in [6.45, 7) is 2.34. The van der Waals surface area contributed by atoms with Crippen LogP contribution in [0.3, 0.4) is 0 Å². The van der Waals surface area contributed by atoms with Crippen LogP contribution in [-0.2, 0) is 6.42 Å². The Morgan fingerprint density at radius 2 is 1.73 bits per heavy atom. The number of rotatable bonds is 7. The molecule has 0 atom stereocenters. The van der Waals surface area contributed by atoms with Crippen LogP contribution in [-0.4, -0.2) is 33.8 Å². The third-order valence-corrected chi connectivity index (χ3v) is 3.97. The van der Waals surface area contributed by atoms with Crippen LogP contribution in [0.1, 0.15) is 21.5 Å². The first-order chi connectivity index (χ1) is 12.0. The third kappa shape index (κ3) is 4.73. The Morgan fingerprint density at radius 3 is 2.35 bits per heavy atom. The Labute approximate surface area is 160 Å². The average molecular weight is 381 g/mol. The van der Waals surface area contributed by atoms with Gasteiger partial charge in [-0.15, -0.1) is 12.4 Å². The van der Waals surface area contributed by atoms with E-state index < -0.39 is 0 Å². The largest absolute Gasteiger partial charge is 0.493 e. The molecular formula is C19H25ClN2O4. The zero-order chi connectivity index (χ0) is 18.4. The van der Waals surface area contributed by atoms with E-state index in [9.17, 15) is 4.79 Å². The van der Waals surface area contributed by atoms with Crippen molar-refractivity contribution in [1.29, 1.82) is 0 Å². The van der Waals surface area contributed by atoms with Crippen molar-refractivity contribution in [2.24, 2.45) is 0 Å². The Balaban J connectivity index is 0.00000338. The number of hydrogen-bond donors (Lipinski definition) is 2. The van der Waals surface area contributed by atoms with Gasteiger partial charge >= 0.3 is 0 Å². The number of ether oxygens (including phenoxy) is 3. The van der Waals surface area contributed by atoms with E-state index in [4.69, 9.17) is 19.9 Å². The molecule has 0 unspecified atom stereocenters. The number of nitrogen functional groups attached to an aromatic ring is 1. The summed E-state index contributed by atoms with van der Waals surface area (Å²) < 4.78 is 16.1. The lowest BCUT2D eigenvalue weighted by molar-refractivity contribution is 0.0953. The van der Waals surface area contributed by atoms with Gasteiger partial charge in [0.2, 0.25) is 5.75 Å². The molecule has 0 aromatic heterocycles. The number of methoxy groups -OCH3 is 3. The van der Waals surface area contributed by atoms with Crippen molar-refractivity contribution >= 4 is 24.0 Å². The van der Waals surface area contributed by atoms with Crippen LogP contribution in [0.5, 0.6) is 17.2 Å². The number of halogens is 1. The second-order valence-electron chi connectivity index (χ2n) is 5.57. The van der Waals surface area contributed by atoms with E-state index in [0.717, 1.165) is 11.1 Å². The third-order valence-electron chi connectivity index (χ3n) is 3.97. The monoisotopic (exact) mass is 380 g/mol. The van der Waals surface area contributed by atoms with E-state index in [2.05, 4.69) is 5.32 Å². The number of benzene rings is 2. The zero-order valence-electron chi connectivity index (χ0n) is 15.4. The Bertz CT molecular complexity index is 765. The van der Waals surface area contributed by atoms with Gasteiger partial charge < -0.3 is 25.3 Å². The standard InChI is InChI=1S/C19H24N2O4.ClH/c1-12-5-7-14(20)11-15(12)19(22)21-10-9-13-6-8-16(23-2)18(25-4)17(13)24-3;/h5-8,11H,9-10,20H2,1-4H3,(H,21,22);1H. The summed E-state index contributed by atoms with van der Waals surface area (Å²) in [7, 11) is 4.72. The highest BCUT2D eigenvalue weighted by molar-refractivity contribution is 5.96. The number of aryl methyl sites for hydroxylation is 1. The van der Waals surface area contributed by atoms with E-state index in [1.807, 2.05) is 25.1 Å². The van der Waals surface area contributed by atoms with E-state index in [-0.39, 0.29) is 18.3 Å². The Hall–Kier alpha value is -2.60. The molecule has 26 heavy (non-hydrogen) atoms. The Kier molecular flexibility index (Phi) is 8.06. The maximum atomic E-state index is 12.3. The van der Waals surface area contributed by atoms with Gasteiger partial charge in [0.25, 0.3) is 5.91 Å².